The van der Waals surface area contributed by atoms with Crippen LogP contribution < -0.4 is 0 Å². The van der Waals surface area contributed by atoms with Crippen LogP contribution >= 0.6 is 11.8 Å². The van der Waals surface area contributed by atoms with Gasteiger partial charge in [-0.05, 0) is 56.2 Å². The number of amides is 1. The highest BCUT2D eigenvalue weighted by Crippen LogP contribution is 2.33. The van der Waals surface area contributed by atoms with Gasteiger partial charge in [0.05, 0.1) is 22.3 Å². The van der Waals surface area contributed by atoms with Crippen LogP contribution in [0.3, 0.4) is 0 Å². The van der Waals surface area contributed by atoms with E-state index in [0.29, 0.717) is 24.3 Å². The van der Waals surface area contributed by atoms with Crippen molar-refractivity contribution in [2.75, 3.05) is 12.3 Å². The molecule has 0 spiro atoms. The van der Waals surface area contributed by atoms with Gasteiger partial charge in [0.15, 0.2) is 0 Å². The Morgan fingerprint density at radius 2 is 1.82 bits per heavy atom. The molecule has 1 aromatic carbocycles. The zero-order valence-corrected chi connectivity index (χ0v) is 17.3. The number of aryl methyl sites for hydroxylation is 1. The van der Waals surface area contributed by atoms with E-state index in [4.69, 9.17) is 5.11 Å². The molecule has 5 nitrogen and oxygen atoms in total. The summed E-state index contributed by atoms with van der Waals surface area (Å²) in [5.74, 6) is -0.174. The van der Waals surface area contributed by atoms with E-state index in [2.05, 4.69) is 0 Å². The van der Waals surface area contributed by atoms with Crippen molar-refractivity contribution >= 4 is 23.6 Å². The molecule has 0 bridgehead atoms. The van der Waals surface area contributed by atoms with Gasteiger partial charge in [0.1, 0.15) is 0 Å². The minimum absolute atomic E-state index is 0.193. The van der Waals surface area contributed by atoms with Gasteiger partial charge < -0.3 is 15.1 Å². The van der Waals surface area contributed by atoms with Crippen molar-refractivity contribution < 1.29 is 19.8 Å². The van der Waals surface area contributed by atoms with Crippen LogP contribution in [0.15, 0.2) is 24.3 Å². The van der Waals surface area contributed by atoms with Crippen LogP contribution in [0.5, 0.6) is 0 Å². The number of hydrogen-bond donors (Lipinski definition) is 2. The quantitative estimate of drug-likeness (QED) is 0.637. The number of benzene rings is 1. The van der Waals surface area contributed by atoms with Gasteiger partial charge >= 0.3 is 5.97 Å². The van der Waals surface area contributed by atoms with Gasteiger partial charge in [-0.25, -0.2) is 4.79 Å². The zero-order valence-electron chi connectivity index (χ0n) is 16.4. The number of carbonyl (C=O) groups is 2. The maximum absolute atomic E-state index is 12.3. The fourth-order valence-corrected chi connectivity index (χ4v) is 5.51. The third kappa shape index (κ3) is 5.74. The molecular weight excluding hydrogens is 374 g/mol. The molecule has 1 amide bonds. The number of carboxylic acids is 1. The van der Waals surface area contributed by atoms with Crippen LogP contribution in [0.25, 0.3) is 0 Å². The Morgan fingerprint density at radius 3 is 2.46 bits per heavy atom. The smallest absolute Gasteiger partial charge is 0.335 e. The number of thioether (sulfide) groups is 1. The topological polar surface area (TPSA) is 77.8 Å². The van der Waals surface area contributed by atoms with Gasteiger partial charge in [-0.1, -0.05) is 37.8 Å². The highest BCUT2D eigenvalue weighted by Gasteiger charge is 2.34. The summed E-state index contributed by atoms with van der Waals surface area (Å²) in [6.45, 7) is 0.653. The van der Waals surface area contributed by atoms with E-state index < -0.39 is 11.6 Å². The minimum Gasteiger partial charge on any atom is -0.478 e. The first-order valence-corrected chi connectivity index (χ1v) is 11.5. The summed E-state index contributed by atoms with van der Waals surface area (Å²) in [5.41, 5.74) is 0.836. The first-order chi connectivity index (χ1) is 13.5. The average Bonchev–Trinajstić information content (AvgIpc) is 2.88. The number of nitrogens with zero attached hydrogens (tertiary/aromatic N) is 1. The molecule has 1 aliphatic carbocycles. The number of aromatic carboxylic acids is 1. The van der Waals surface area contributed by atoms with Crippen LogP contribution in [-0.4, -0.2) is 50.3 Å². The summed E-state index contributed by atoms with van der Waals surface area (Å²) < 4.78 is 0. The van der Waals surface area contributed by atoms with E-state index in [0.717, 1.165) is 50.5 Å². The lowest BCUT2D eigenvalue weighted by molar-refractivity contribution is -0.128. The predicted molar refractivity (Wildman–Crippen MR) is 112 cm³/mol. The van der Waals surface area contributed by atoms with Crippen molar-refractivity contribution in [2.45, 2.75) is 75.2 Å². The summed E-state index contributed by atoms with van der Waals surface area (Å²) in [6, 6.07) is 7.03. The fraction of sp³-hybridized carbons (Fsp3) is 0.636. The zero-order chi connectivity index (χ0) is 20.0. The van der Waals surface area contributed by atoms with Gasteiger partial charge in [-0.2, -0.15) is 0 Å². The molecule has 0 radical (unpaired) electrons. The van der Waals surface area contributed by atoms with Crippen molar-refractivity contribution in [2.24, 2.45) is 0 Å². The molecule has 1 atom stereocenters. The number of rotatable bonds is 8. The van der Waals surface area contributed by atoms with Crippen LogP contribution in [0.1, 0.15) is 73.7 Å². The Balaban J connectivity index is 1.47. The second-order valence-electron chi connectivity index (χ2n) is 8.14. The van der Waals surface area contributed by atoms with Crippen LogP contribution in [0.2, 0.25) is 0 Å². The maximum atomic E-state index is 12.3. The molecule has 2 fully saturated rings. The summed E-state index contributed by atoms with van der Waals surface area (Å²) in [6.07, 6.45) is 9.75. The molecular formula is C22H31NO4S. The van der Waals surface area contributed by atoms with Crippen LogP contribution in [0.4, 0.5) is 0 Å². The molecule has 1 unspecified atom stereocenters. The molecule has 1 aliphatic heterocycles. The lowest BCUT2D eigenvalue weighted by Gasteiger charge is -2.31. The normalized spacial score (nSPS) is 22.2. The summed E-state index contributed by atoms with van der Waals surface area (Å²) in [7, 11) is 0. The minimum atomic E-state index is -0.904. The Kier molecular flexibility index (Phi) is 7.41. The van der Waals surface area contributed by atoms with E-state index >= 15 is 0 Å². The van der Waals surface area contributed by atoms with Gasteiger partial charge in [0.2, 0.25) is 5.91 Å². The largest absolute Gasteiger partial charge is 0.478 e. The molecule has 1 heterocycles. The molecule has 1 saturated heterocycles. The number of aliphatic hydroxyl groups is 1. The molecule has 2 aliphatic rings. The van der Waals surface area contributed by atoms with Crippen LogP contribution in [0, 0.1) is 0 Å². The van der Waals surface area contributed by atoms with E-state index in [1.807, 2.05) is 17.0 Å². The molecule has 3 rings (SSSR count). The number of carboxylic acid groups (broad SMARTS) is 1. The number of carbonyl (C=O) groups excluding carboxylic acids is 1. The van der Waals surface area contributed by atoms with Gasteiger partial charge in [-0.3, -0.25) is 4.79 Å². The standard InChI is InChI=1S/C22H31NO4S/c24-19-16-28-20(7-5-6-17-8-10-18(11-9-17)21(25)26)23(19)15-14-22(27)12-3-1-2-4-13-22/h8-11,20,27H,1-7,12-16H2,(H,25,26). The third-order valence-electron chi connectivity index (χ3n) is 6.04. The first kappa shape index (κ1) is 21.2. The monoisotopic (exact) mass is 405 g/mol. The summed E-state index contributed by atoms with van der Waals surface area (Å²) in [4.78, 5) is 25.2. The average molecular weight is 406 g/mol. The lowest BCUT2D eigenvalue weighted by atomic mass is 9.90. The Bertz CT molecular complexity index is 668. The third-order valence-corrected chi connectivity index (χ3v) is 7.33. The molecule has 154 valence electrons. The van der Waals surface area contributed by atoms with E-state index in [1.54, 1.807) is 23.9 Å². The molecule has 1 aromatic rings. The molecule has 6 heteroatoms. The second kappa shape index (κ2) is 9.79. The van der Waals surface area contributed by atoms with Gasteiger partial charge in [0.25, 0.3) is 0 Å². The Labute approximate surface area is 171 Å². The first-order valence-electron chi connectivity index (χ1n) is 10.4. The van der Waals surface area contributed by atoms with Gasteiger partial charge in [0, 0.05) is 6.54 Å². The molecule has 2 N–H and O–H groups in total. The maximum Gasteiger partial charge on any atom is 0.335 e. The molecule has 1 saturated carbocycles. The second-order valence-corrected chi connectivity index (χ2v) is 9.30. The van der Waals surface area contributed by atoms with Crippen molar-refractivity contribution in [1.82, 2.24) is 4.90 Å². The summed E-state index contributed by atoms with van der Waals surface area (Å²) in [5, 5.41) is 20.0. The van der Waals surface area contributed by atoms with E-state index in [9.17, 15) is 14.7 Å². The predicted octanol–water partition coefficient (Wildman–Crippen LogP) is 4.08. The van der Waals surface area contributed by atoms with Crippen molar-refractivity contribution in [1.29, 1.82) is 0 Å². The highest BCUT2D eigenvalue weighted by atomic mass is 32.2. The van der Waals surface area contributed by atoms with E-state index in [1.165, 1.54) is 12.8 Å². The van der Waals surface area contributed by atoms with Crippen molar-refractivity contribution in [3.63, 3.8) is 0 Å². The van der Waals surface area contributed by atoms with Crippen molar-refractivity contribution in [3.8, 4) is 0 Å². The number of hydrogen-bond acceptors (Lipinski definition) is 4. The van der Waals surface area contributed by atoms with Crippen molar-refractivity contribution in [3.05, 3.63) is 35.4 Å². The Morgan fingerprint density at radius 1 is 1.14 bits per heavy atom. The van der Waals surface area contributed by atoms with Crippen LogP contribution in [-0.2, 0) is 11.2 Å². The highest BCUT2D eigenvalue weighted by molar-refractivity contribution is 8.00. The van der Waals surface area contributed by atoms with Gasteiger partial charge in [-0.15, -0.1) is 11.8 Å². The van der Waals surface area contributed by atoms with E-state index in [-0.39, 0.29) is 11.3 Å². The molecule has 28 heavy (non-hydrogen) atoms. The SMILES string of the molecule is O=C(O)c1ccc(CCCC2SCC(=O)N2CCC2(O)CCCCCC2)cc1. The lowest BCUT2D eigenvalue weighted by Crippen LogP contribution is -2.39. The summed E-state index contributed by atoms with van der Waals surface area (Å²) >= 11 is 1.71. The Hall–Kier alpha value is -1.53. The molecule has 0 aromatic heterocycles. The fourth-order valence-electron chi connectivity index (χ4n) is 4.27.